The van der Waals surface area contributed by atoms with E-state index < -0.39 is 18.1 Å². The Hall–Kier alpha value is -1.63. The van der Waals surface area contributed by atoms with Crippen LogP contribution in [0, 0.1) is 0 Å². The Morgan fingerprint density at radius 1 is 1.41 bits per heavy atom. The molecule has 2 N–H and O–H groups in total. The van der Waals surface area contributed by atoms with Gasteiger partial charge < -0.3 is 15.2 Å². The molecule has 0 aliphatic rings. The molecule has 0 aliphatic carbocycles. The zero-order valence-corrected chi connectivity index (χ0v) is 9.22. The molecule has 4 nitrogen and oxygen atoms in total. The van der Waals surface area contributed by atoms with Crippen LogP contribution in [0.2, 0.25) is 5.02 Å². The highest BCUT2D eigenvalue weighted by atomic mass is 35.5. The van der Waals surface area contributed by atoms with E-state index in [4.69, 9.17) is 17.3 Å². The summed E-state index contributed by atoms with van der Waals surface area (Å²) >= 11 is 5.61. The minimum absolute atomic E-state index is 0.205. The number of ether oxygens (including phenoxy) is 2. The van der Waals surface area contributed by atoms with Crippen molar-refractivity contribution in [2.75, 3.05) is 12.8 Å². The molecule has 0 radical (unpaired) electrons. The fraction of sp³-hybridized carbons (Fsp3) is 0.222. The number of nitrogens with two attached hydrogens (primary N) is 1. The molecule has 8 heteroatoms. The molecule has 1 rings (SSSR count). The van der Waals surface area contributed by atoms with Crippen LogP contribution in [0.25, 0.3) is 0 Å². The van der Waals surface area contributed by atoms with Crippen molar-refractivity contribution in [3.05, 3.63) is 22.7 Å². The summed E-state index contributed by atoms with van der Waals surface area (Å²) in [4.78, 5) is 11.2. The van der Waals surface area contributed by atoms with Gasteiger partial charge in [0.15, 0.2) is 0 Å². The van der Waals surface area contributed by atoms with Crippen molar-refractivity contribution < 1.29 is 27.4 Å². The third-order valence-electron chi connectivity index (χ3n) is 1.72. The first kappa shape index (κ1) is 13.4. The second-order valence-corrected chi connectivity index (χ2v) is 3.32. The van der Waals surface area contributed by atoms with Gasteiger partial charge in [-0.1, -0.05) is 11.6 Å². The summed E-state index contributed by atoms with van der Waals surface area (Å²) in [5.74, 6) is -1.45. The summed E-state index contributed by atoms with van der Waals surface area (Å²) in [6, 6.07) is 1.67. The van der Waals surface area contributed by atoms with E-state index in [9.17, 15) is 18.0 Å². The highest BCUT2D eigenvalue weighted by molar-refractivity contribution is 6.34. The molecule has 0 aromatic heterocycles. The van der Waals surface area contributed by atoms with Crippen LogP contribution in [-0.4, -0.2) is 19.4 Å². The quantitative estimate of drug-likeness (QED) is 0.662. The number of hydrogen-bond donors (Lipinski definition) is 1. The fourth-order valence-electron chi connectivity index (χ4n) is 1.11. The number of rotatable bonds is 2. The van der Waals surface area contributed by atoms with Crippen molar-refractivity contribution >= 4 is 23.3 Å². The average molecular weight is 270 g/mol. The average Bonchev–Trinajstić information content (AvgIpc) is 2.13. The number of nitrogen functional groups attached to an aromatic ring is 1. The molecule has 0 saturated carbocycles. The van der Waals surface area contributed by atoms with Crippen LogP contribution in [-0.2, 0) is 4.74 Å². The topological polar surface area (TPSA) is 61.5 Å². The number of anilines is 1. The molecule has 0 heterocycles. The van der Waals surface area contributed by atoms with E-state index in [1.807, 2.05) is 0 Å². The van der Waals surface area contributed by atoms with Gasteiger partial charge in [-0.25, -0.2) is 4.79 Å². The van der Waals surface area contributed by atoms with Crippen molar-refractivity contribution in [1.29, 1.82) is 0 Å². The van der Waals surface area contributed by atoms with Crippen molar-refractivity contribution in [2.24, 2.45) is 0 Å². The number of benzene rings is 1. The largest absolute Gasteiger partial charge is 0.573 e. The molecular weight excluding hydrogens is 263 g/mol. The third kappa shape index (κ3) is 3.42. The van der Waals surface area contributed by atoms with E-state index in [0.29, 0.717) is 0 Å². The highest BCUT2D eigenvalue weighted by Crippen LogP contribution is 2.32. The van der Waals surface area contributed by atoms with Gasteiger partial charge in [-0.05, 0) is 0 Å². The maximum absolute atomic E-state index is 11.9. The second-order valence-electron chi connectivity index (χ2n) is 2.91. The minimum Gasteiger partial charge on any atom is -0.465 e. The first-order valence-electron chi connectivity index (χ1n) is 4.17. The van der Waals surface area contributed by atoms with Crippen LogP contribution in [0.15, 0.2) is 12.1 Å². The van der Waals surface area contributed by atoms with Crippen molar-refractivity contribution in [1.82, 2.24) is 0 Å². The Bertz CT molecular complexity index is 425. The van der Waals surface area contributed by atoms with Crippen molar-refractivity contribution in [2.45, 2.75) is 6.36 Å². The first-order chi connectivity index (χ1) is 7.74. The van der Waals surface area contributed by atoms with Crippen LogP contribution >= 0.6 is 11.6 Å². The number of methoxy groups -OCH3 is 1. The maximum atomic E-state index is 11.9. The van der Waals surface area contributed by atoms with Gasteiger partial charge in [0.05, 0.1) is 17.8 Å². The van der Waals surface area contributed by atoms with E-state index in [0.717, 1.165) is 19.2 Å². The molecule has 0 fully saturated rings. The summed E-state index contributed by atoms with van der Waals surface area (Å²) in [5.41, 5.74) is 4.92. The first-order valence-corrected chi connectivity index (χ1v) is 4.55. The lowest BCUT2D eigenvalue weighted by atomic mass is 10.1. The van der Waals surface area contributed by atoms with E-state index in [-0.39, 0.29) is 16.3 Å². The van der Waals surface area contributed by atoms with Crippen molar-refractivity contribution in [3.8, 4) is 5.75 Å². The third-order valence-corrected chi connectivity index (χ3v) is 2.02. The Morgan fingerprint density at radius 3 is 2.41 bits per heavy atom. The number of esters is 1. The zero-order valence-electron chi connectivity index (χ0n) is 8.47. The molecule has 0 atom stereocenters. The lowest BCUT2D eigenvalue weighted by Crippen LogP contribution is -2.17. The van der Waals surface area contributed by atoms with Gasteiger partial charge >= 0.3 is 12.3 Å². The molecule has 1 aromatic carbocycles. The Labute approximate surface area is 99.1 Å². The molecule has 0 spiro atoms. The summed E-state index contributed by atoms with van der Waals surface area (Å²) in [6.07, 6.45) is -4.86. The molecule has 1 aromatic rings. The molecule has 0 aliphatic heterocycles. The van der Waals surface area contributed by atoms with Gasteiger partial charge in [0, 0.05) is 12.1 Å². The smallest absolute Gasteiger partial charge is 0.465 e. The molecule has 0 amide bonds. The monoisotopic (exact) mass is 269 g/mol. The van der Waals surface area contributed by atoms with Crippen LogP contribution < -0.4 is 10.5 Å². The predicted molar refractivity (Wildman–Crippen MR) is 53.9 cm³/mol. The Balaban J connectivity index is 3.14. The Kier molecular flexibility index (Phi) is 3.72. The van der Waals surface area contributed by atoms with Crippen LogP contribution in [0.5, 0.6) is 5.75 Å². The molecule has 0 unspecified atom stereocenters. The van der Waals surface area contributed by atoms with E-state index in [1.165, 1.54) is 0 Å². The summed E-state index contributed by atoms with van der Waals surface area (Å²) in [6.45, 7) is 0. The van der Waals surface area contributed by atoms with E-state index >= 15 is 0 Å². The molecule has 94 valence electrons. The van der Waals surface area contributed by atoms with Gasteiger partial charge in [-0.3, -0.25) is 0 Å². The van der Waals surface area contributed by atoms with Crippen LogP contribution in [0.4, 0.5) is 18.9 Å². The van der Waals surface area contributed by atoms with Crippen LogP contribution in [0.3, 0.4) is 0 Å². The van der Waals surface area contributed by atoms with Gasteiger partial charge in [-0.15, -0.1) is 13.2 Å². The van der Waals surface area contributed by atoms with Gasteiger partial charge in [0.2, 0.25) is 0 Å². The van der Waals surface area contributed by atoms with Crippen LogP contribution in [0.1, 0.15) is 10.4 Å². The summed E-state index contributed by atoms with van der Waals surface area (Å²) in [5, 5.41) is -0.281. The summed E-state index contributed by atoms with van der Waals surface area (Å²) < 4.78 is 43.8. The second kappa shape index (κ2) is 4.70. The lowest BCUT2D eigenvalue weighted by Gasteiger charge is -2.12. The number of carbonyl (C=O) groups is 1. The van der Waals surface area contributed by atoms with Crippen molar-refractivity contribution in [3.63, 3.8) is 0 Å². The molecule has 0 bridgehead atoms. The SMILES string of the molecule is COC(=O)c1c(N)cc(OC(F)(F)F)cc1Cl. The number of hydrogen-bond acceptors (Lipinski definition) is 4. The van der Waals surface area contributed by atoms with Gasteiger partial charge in [0.1, 0.15) is 11.3 Å². The fourth-order valence-corrected chi connectivity index (χ4v) is 1.41. The Morgan fingerprint density at radius 2 is 2.00 bits per heavy atom. The molecule has 17 heavy (non-hydrogen) atoms. The number of halogens is 4. The zero-order chi connectivity index (χ0) is 13.2. The number of carbonyl (C=O) groups excluding carboxylic acids is 1. The number of alkyl halides is 3. The van der Waals surface area contributed by atoms with E-state index in [2.05, 4.69) is 9.47 Å². The van der Waals surface area contributed by atoms with Gasteiger partial charge in [-0.2, -0.15) is 0 Å². The summed E-state index contributed by atoms with van der Waals surface area (Å²) in [7, 11) is 1.10. The minimum atomic E-state index is -4.86. The normalized spacial score (nSPS) is 11.1. The van der Waals surface area contributed by atoms with Gasteiger partial charge in [0.25, 0.3) is 0 Å². The molecule has 0 saturated heterocycles. The van der Waals surface area contributed by atoms with E-state index in [1.54, 1.807) is 0 Å². The maximum Gasteiger partial charge on any atom is 0.573 e. The lowest BCUT2D eigenvalue weighted by molar-refractivity contribution is -0.274. The highest BCUT2D eigenvalue weighted by Gasteiger charge is 2.32. The standard InChI is InChI=1S/C9H7ClF3NO3/c1-16-8(15)7-5(10)2-4(3-6(7)14)17-9(11,12)13/h2-3H,14H2,1H3. The molecular formula is C9H7ClF3NO3. The predicted octanol–water partition coefficient (Wildman–Crippen LogP) is 2.61.